The normalized spacial score (nSPS) is 18.5. The number of aryl methyl sites for hydroxylation is 1. The average molecular weight is 344 g/mol. The van der Waals surface area contributed by atoms with Crippen molar-refractivity contribution in [2.24, 2.45) is 5.92 Å². The molecular weight excluding hydrogens is 312 g/mol. The number of carbonyl (C=O) groups excluding carboxylic acids is 1. The Bertz CT molecular complexity index is 635. The van der Waals surface area contributed by atoms with Gasteiger partial charge in [-0.25, -0.2) is 0 Å². The van der Waals surface area contributed by atoms with Crippen molar-refractivity contribution in [3.05, 3.63) is 47.3 Å². The van der Waals surface area contributed by atoms with Gasteiger partial charge < -0.3 is 9.84 Å². The molecule has 1 saturated carbocycles. The second-order valence-electron chi connectivity index (χ2n) is 5.75. The van der Waals surface area contributed by atoms with Crippen molar-refractivity contribution in [1.29, 1.82) is 0 Å². The van der Waals surface area contributed by atoms with E-state index in [1.807, 2.05) is 71.9 Å². The van der Waals surface area contributed by atoms with Gasteiger partial charge in [0.25, 0.3) is 0 Å². The fourth-order valence-corrected chi connectivity index (χ4v) is 3.14. The number of para-hydroxylation sites is 1. The van der Waals surface area contributed by atoms with Crippen molar-refractivity contribution < 1.29 is 9.32 Å². The van der Waals surface area contributed by atoms with E-state index in [-0.39, 0.29) is 17.7 Å². The highest BCUT2D eigenvalue weighted by Crippen LogP contribution is 2.41. The predicted octanol–water partition coefficient (Wildman–Crippen LogP) is 5.87. The highest BCUT2D eigenvalue weighted by molar-refractivity contribution is 5.93. The summed E-state index contributed by atoms with van der Waals surface area (Å²) in [7, 11) is 0. The zero-order valence-corrected chi connectivity index (χ0v) is 16.4. The van der Waals surface area contributed by atoms with Crippen LogP contribution in [0.3, 0.4) is 0 Å². The minimum absolute atomic E-state index is 0.0200. The Morgan fingerprint density at radius 2 is 1.72 bits per heavy atom. The predicted molar refractivity (Wildman–Crippen MR) is 104 cm³/mol. The van der Waals surface area contributed by atoms with Crippen LogP contribution in [0, 0.1) is 19.8 Å². The van der Waals surface area contributed by atoms with Gasteiger partial charge in [0.1, 0.15) is 5.76 Å². The van der Waals surface area contributed by atoms with Crippen molar-refractivity contribution in [3.63, 3.8) is 0 Å². The maximum absolute atomic E-state index is 12.5. The standard InChI is InChI=1S/C17H20N2O2.2C2H6/c1-11-12(2)21-19-16(11)14-9-6-10-15(14)17(20)18-13-7-4-3-5-8-13;2*1-2/h3-5,7-8,14-15H,6,9-10H2,1-2H3,(H,18,20);2*1-2H3/t14-,15-;;/m0../s1. The summed E-state index contributed by atoms with van der Waals surface area (Å²) < 4.78 is 5.27. The lowest BCUT2D eigenvalue weighted by atomic mass is 9.90. The van der Waals surface area contributed by atoms with Gasteiger partial charge in [0.15, 0.2) is 0 Å². The van der Waals surface area contributed by atoms with Crippen LogP contribution in [0.4, 0.5) is 5.69 Å². The summed E-state index contributed by atoms with van der Waals surface area (Å²) in [4.78, 5) is 12.5. The molecule has 0 spiro atoms. The van der Waals surface area contributed by atoms with Crippen LogP contribution >= 0.6 is 0 Å². The average Bonchev–Trinajstić information content (AvgIpc) is 3.27. The first-order valence-corrected chi connectivity index (χ1v) is 9.45. The van der Waals surface area contributed by atoms with E-state index in [2.05, 4.69) is 10.5 Å². The molecule has 1 N–H and O–H groups in total. The van der Waals surface area contributed by atoms with Gasteiger partial charge in [-0.3, -0.25) is 4.79 Å². The van der Waals surface area contributed by atoms with Gasteiger partial charge in [-0.1, -0.05) is 57.5 Å². The molecule has 4 heteroatoms. The molecule has 0 aliphatic heterocycles. The second kappa shape index (κ2) is 10.7. The summed E-state index contributed by atoms with van der Waals surface area (Å²) in [5.41, 5.74) is 2.89. The smallest absolute Gasteiger partial charge is 0.228 e. The van der Waals surface area contributed by atoms with Crippen molar-refractivity contribution >= 4 is 11.6 Å². The summed E-state index contributed by atoms with van der Waals surface area (Å²) in [6.07, 6.45) is 2.97. The molecular formula is C21H32N2O2. The van der Waals surface area contributed by atoms with Crippen molar-refractivity contribution in [3.8, 4) is 0 Å². The number of aromatic nitrogens is 1. The molecule has 1 aromatic heterocycles. The van der Waals surface area contributed by atoms with E-state index in [1.54, 1.807) is 0 Å². The molecule has 3 rings (SSSR count). The first kappa shape index (κ1) is 20.9. The van der Waals surface area contributed by atoms with E-state index < -0.39 is 0 Å². The van der Waals surface area contributed by atoms with Gasteiger partial charge in [-0.15, -0.1) is 0 Å². The molecule has 1 aromatic carbocycles. The molecule has 0 radical (unpaired) electrons. The first-order valence-electron chi connectivity index (χ1n) is 9.45. The fraction of sp³-hybridized carbons (Fsp3) is 0.524. The number of rotatable bonds is 3. The number of nitrogens with zero attached hydrogens (tertiary/aromatic N) is 1. The lowest BCUT2D eigenvalue weighted by Gasteiger charge is -2.17. The van der Waals surface area contributed by atoms with Crippen molar-refractivity contribution in [2.75, 3.05) is 5.32 Å². The van der Waals surface area contributed by atoms with Gasteiger partial charge in [-0.05, 0) is 38.8 Å². The molecule has 2 aromatic rings. The molecule has 1 amide bonds. The summed E-state index contributed by atoms with van der Waals surface area (Å²) in [5.74, 6) is 1.09. The number of benzene rings is 1. The van der Waals surface area contributed by atoms with Crippen LogP contribution in [-0.2, 0) is 4.79 Å². The van der Waals surface area contributed by atoms with E-state index in [0.29, 0.717) is 0 Å². The molecule has 2 atom stereocenters. The van der Waals surface area contributed by atoms with Crippen LogP contribution in [0.15, 0.2) is 34.9 Å². The second-order valence-corrected chi connectivity index (χ2v) is 5.75. The van der Waals surface area contributed by atoms with Gasteiger partial charge in [0.05, 0.1) is 5.69 Å². The summed E-state index contributed by atoms with van der Waals surface area (Å²) in [6.45, 7) is 11.9. The van der Waals surface area contributed by atoms with E-state index in [0.717, 1.165) is 42.0 Å². The highest BCUT2D eigenvalue weighted by atomic mass is 16.5. The van der Waals surface area contributed by atoms with Crippen LogP contribution in [-0.4, -0.2) is 11.1 Å². The van der Waals surface area contributed by atoms with Crippen LogP contribution in [0.2, 0.25) is 0 Å². The maximum Gasteiger partial charge on any atom is 0.228 e. The largest absolute Gasteiger partial charge is 0.361 e. The quantitative estimate of drug-likeness (QED) is 0.758. The lowest BCUT2D eigenvalue weighted by Crippen LogP contribution is -2.25. The molecule has 0 saturated heterocycles. The third-order valence-corrected chi connectivity index (χ3v) is 4.44. The van der Waals surface area contributed by atoms with E-state index in [1.165, 1.54) is 0 Å². The molecule has 138 valence electrons. The highest BCUT2D eigenvalue weighted by Gasteiger charge is 2.37. The number of hydrogen-bond donors (Lipinski definition) is 1. The number of nitrogens with one attached hydrogen (secondary N) is 1. The Kier molecular flexibility index (Phi) is 8.96. The maximum atomic E-state index is 12.5. The van der Waals surface area contributed by atoms with Crippen LogP contribution in [0.25, 0.3) is 0 Å². The molecule has 0 bridgehead atoms. The van der Waals surface area contributed by atoms with Gasteiger partial charge in [0, 0.05) is 23.1 Å². The Morgan fingerprint density at radius 1 is 1.08 bits per heavy atom. The number of hydrogen-bond acceptors (Lipinski definition) is 3. The van der Waals surface area contributed by atoms with Gasteiger partial charge in [-0.2, -0.15) is 0 Å². The molecule has 1 aliphatic rings. The third kappa shape index (κ3) is 5.18. The van der Waals surface area contributed by atoms with Crippen LogP contribution in [0.5, 0.6) is 0 Å². The van der Waals surface area contributed by atoms with Gasteiger partial charge in [0.2, 0.25) is 5.91 Å². The third-order valence-electron chi connectivity index (χ3n) is 4.44. The molecule has 0 unspecified atom stereocenters. The number of amides is 1. The van der Waals surface area contributed by atoms with E-state index >= 15 is 0 Å². The van der Waals surface area contributed by atoms with E-state index in [4.69, 9.17) is 4.52 Å². The lowest BCUT2D eigenvalue weighted by molar-refractivity contribution is -0.120. The van der Waals surface area contributed by atoms with Crippen molar-refractivity contribution in [1.82, 2.24) is 5.16 Å². The Balaban J connectivity index is 0.000000730. The minimum Gasteiger partial charge on any atom is -0.361 e. The topological polar surface area (TPSA) is 55.1 Å². The Labute approximate surface area is 152 Å². The van der Waals surface area contributed by atoms with Crippen LogP contribution in [0.1, 0.15) is 69.9 Å². The zero-order valence-electron chi connectivity index (χ0n) is 16.4. The Morgan fingerprint density at radius 3 is 2.28 bits per heavy atom. The SMILES string of the molecule is CC.CC.Cc1onc([C@H]2CCC[C@@H]2C(=O)Nc2ccccc2)c1C. The molecule has 4 nitrogen and oxygen atoms in total. The summed E-state index contributed by atoms with van der Waals surface area (Å²) in [5, 5.41) is 7.19. The summed E-state index contributed by atoms with van der Waals surface area (Å²) >= 11 is 0. The number of anilines is 1. The van der Waals surface area contributed by atoms with Gasteiger partial charge >= 0.3 is 0 Å². The molecule has 1 heterocycles. The zero-order chi connectivity index (χ0) is 18.8. The Hall–Kier alpha value is -2.10. The monoisotopic (exact) mass is 344 g/mol. The van der Waals surface area contributed by atoms with Crippen molar-refractivity contribution in [2.45, 2.75) is 66.7 Å². The molecule has 1 aliphatic carbocycles. The number of carbonyl (C=O) groups is 1. The van der Waals surface area contributed by atoms with E-state index in [9.17, 15) is 4.79 Å². The minimum atomic E-state index is -0.0200. The molecule has 1 fully saturated rings. The van der Waals surface area contributed by atoms with Crippen LogP contribution < -0.4 is 5.32 Å². The molecule has 25 heavy (non-hydrogen) atoms. The fourth-order valence-electron chi connectivity index (χ4n) is 3.14. The first-order chi connectivity index (χ1) is 12.2. The summed E-state index contributed by atoms with van der Waals surface area (Å²) in [6, 6.07) is 9.61.